The Morgan fingerprint density at radius 3 is 2.62 bits per heavy atom. The molecule has 3 rings (SSSR count). The van der Waals surface area contributed by atoms with Crippen LogP contribution in [0, 0.1) is 0 Å². The van der Waals surface area contributed by atoms with Crippen LogP contribution in [-0.2, 0) is 16.6 Å². The molecule has 1 saturated heterocycles. The molecule has 114 valence electrons. The summed E-state index contributed by atoms with van der Waals surface area (Å²) in [6.45, 7) is 3.08. The Morgan fingerprint density at radius 2 is 2.05 bits per heavy atom. The van der Waals surface area contributed by atoms with Crippen LogP contribution in [0.25, 0.3) is 0 Å². The van der Waals surface area contributed by atoms with Crippen molar-refractivity contribution < 1.29 is 12.8 Å². The van der Waals surface area contributed by atoms with Crippen LogP contribution in [0.3, 0.4) is 0 Å². The average Bonchev–Trinajstić information content (AvgIpc) is 3.11. The molecule has 0 saturated carbocycles. The fourth-order valence-corrected chi connectivity index (χ4v) is 5.00. The number of hydrogen-bond donors (Lipinski definition) is 1. The molecule has 0 aliphatic carbocycles. The summed E-state index contributed by atoms with van der Waals surface area (Å²) >= 11 is 1.17. The van der Waals surface area contributed by atoms with E-state index in [4.69, 9.17) is 10.2 Å². The maximum absolute atomic E-state index is 12.5. The lowest BCUT2D eigenvalue weighted by Crippen LogP contribution is -2.47. The molecule has 0 unspecified atom stereocenters. The SMILES string of the molecule is Nc1csc(S(=O)(=O)N2CCN(Cc3ccco3)CC2)c1. The maximum Gasteiger partial charge on any atom is 0.252 e. The van der Waals surface area contributed by atoms with Crippen LogP contribution < -0.4 is 5.73 Å². The fraction of sp³-hybridized carbons (Fsp3) is 0.385. The number of rotatable bonds is 4. The molecule has 1 aliphatic heterocycles. The Labute approximate surface area is 127 Å². The molecular formula is C13H17N3O3S2. The summed E-state index contributed by atoms with van der Waals surface area (Å²) in [6.07, 6.45) is 1.65. The van der Waals surface area contributed by atoms with Crippen LogP contribution in [-0.4, -0.2) is 43.8 Å². The monoisotopic (exact) mass is 327 g/mol. The normalized spacial score (nSPS) is 18.1. The average molecular weight is 327 g/mol. The Bertz CT molecular complexity index is 686. The molecule has 2 aromatic rings. The molecular weight excluding hydrogens is 310 g/mol. The largest absolute Gasteiger partial charge is 0.468 e. The first-order valence-corrected chi connectivity index (χ1v) is 8.96. The Balaban J connectivity index is 1.63. The summed E-state index contributed by atoms with van der Waals surface area (Å²) in [4.78, 5) is 2.19. The minimum absolute atomic E-state index is 0.319. The van der Waals surface area contributed by atoms with Crippen molar-refractivity contribution in [3.8, 4) is 0 Å². The Morgan fingerprint density at radius 1 is 1.29 bits per heavy atom. The highest BCUT2D eigenvalue weighted by Crippen LogP contribution is 2.26. The number of thiophene rings is 1. The zero-order chi connectivity index (χ0) is 14.9. The van der Waals surface area contributed by atoms with Crippen molar-refractivity contribution in [3.63, 3.8) is 0 Å². The molecule has 0 aromatic carbocycles. The minimum atomic E-state index is -3.40. The van der Waals surface area contributed by atoms with E-state index in [9.17, 15) is 8.42 Å². The number of sulfonamides is 1. The van der Waals surface area contributed by atoms with Gasteiger partial charge in [0.15, 0.2) is 0 Å². The van der Waals surface area contributed by atoms with Crippen LogP contribution in [0.2, 0.25) is 0 Å². The van der Waals surface area contributed by atoms with Gasteiger partial charge in [-0.2, -0.15) is 4.31 Å². The molecule has 0 spiro atoms. The number of piperazine rings is 1. The lowest BCUT2D eigenvalue weighted by molar-refractivity contribution is 0.171. The van der Waals surface area contributed by atoms with E-state index in [1.165, 1.54) is 21.7 Å². The van der Waals surface area contributed by atoms with Crippen LogP contribution in [0.5, 0.6) is 0 Å². The molecule has 6 nitrogen and oxygen atoms in total. The van der Waals surface area contributed by atoms with Crippen molar-refractivity contribution in [3.05, 3.63) is 35.6 Å². The Kier molecular flexibility index (Phi) is 4.03. The smallest absolute Gasteiger partial charge is 0.252 e. The molecule has 8 heteroatoms. The van der Waals surface area contributed by atoms with E-state index in [-0.39, 0.29) is 0 Å². The lowest BCUT2D eigenvalue weighted by Gasteiger charge is -2.33. The number of anilines is 1. The molecule has 21 heavy (non-hydrogen) atoms. The summed E-state index contributed by atoms with van der Waals surface area (Å²) in [5, 5.41) is 1.65. The second-order valence-electron chi connectivity index (χ2n) is 4.96. The van der Waals surface area contributed by atoms with Gasteiger partial charge in [-0.3, -0.25) is 4.90 Å². The van der Waals surface area contributed by atoms with Crippen LogP contribution >= 0.6 is 11.3 Å². The highest BCUT2D eigenvalue weighted by molar-refractivity contribution is 7.91. The maximum atomic E-state index is 12.5. The van der Waals surface area contributed by atoms with Crippen LogP contribution in [0.15, 0.2) is 38.5 Å². The van der Waals surface area contributed by atoms with Gasteiger partial charge in [0.25, 0.3) is 10.0 Å². The second-order valence-corrected chi connectivity index (χ2v) is 8.03. The van der Waals surface area contributed by atoms with Gasteiger partial charge in [-0.05, 0) is 18.2 Å². The molecule has 0 amide bonds. The van der Waals surface area contributed by atoms with Gasteiger partial charge in [0, 0.05) is 37.2 Å². The summed E-state index contributed by atoms with van der Waals surface area (Å²) < 4.78 is 32.1. The van der Waals surface area contributed by atoms with Crippen molar-refractivity contribution >= 4 is 27.0 Å². The van der Waals surface area contributed by atoms with E-state index in [1.54, 1.807) is 11.6 Å². The number of furan rings is 1. The number of nitrogen functional groups attached to an aromatic ring is 1. The van der Waals surface area contributed by atoms with Gasteiger partial charge in [-0.15, -0.1) is 11.3 Å². The zero-order valence-corrected chi connectivity index (χ0v) is 13.1. The van der Waals surface area contributed by atoms with Gasteiger partial charge in [0.2, 0.25) is 0 Å². The minimum Gasteiger partial charge on any atom is -0.468 e. The highest BCUT2D eigenvalue weighted by Gasteiger charge is 2.29. The van der Waals surface area contributed by atoms with Gasteiger partial charge in [0.1, 0.15) is 9.97 Å². The summed E-state index contributed by atoms with van der Waals surface area (Å²) in [7, 11) is -3.40. The summed E-state index contributed by atoms with van der Waals surface area (Å²) in [5.41, 5.74) is 6.11. The van der Waals surface area contributed by atoms with Crippen LogP contribution in [0.1, 0.15) is 5.76 Å². The topological polar surface area (TPSA) is 79.8 Å². The molecule has 1 fully saturated rings. The van der Waals surface area contributed by atoms with E-state index in [0.717, 1.165) is 5.76 Å². The number of nitrogens with two attached hydrogens (primary N) is 1. The Hall–Kier alpha value is -1.35. The van der Waals surface area contributed by atoms with Crippen molar-refractivity contribution in [1.82, 2.24) is 9.21 Å². The van der Waals surface area contributed by atoms with Crippen molar-refractivity contribution in [1.29, 1.82) is 0 Å². The van der Waals surface area contributed by atoms with Gasteiger partial charge in [-0.1, -0.05) is 0 Å². The quantitative estimate of drug-likeness (QED) is 0.919. The summed E-state index contributed by atoms with van der Waals surface area (Å²) in [6, 6.07) is 5.31. The van der Waals surface area contributed by atoms with Gasteiger partial charge < -0.3 is 10.2 Å². The highest BCUT2D eigenvalue weighted by atomic mass is 32.2. The van der Waals surface area contributed by atoms with Crippen molar-refractivity contribution in [2.45, 2.75) is 10.8 Å². The van der Waals surface area contributed by atoms with E-state index < -0.39 is 10.0 Å². The molecule has 0 atom stereocenters. The molecule has 3 heterocycles. The predicted octanol–water partition coefficient (Wildman–Crippen LogP) is 1.43. The molecule has 2 N–H and O–H groups in total. The molecule has 0 bridgehead atoms. The van der Waals surface area contributed by atoms with E-state index >= 15 is 0 Å². The third-order valence-electron chi connectivity index (χ3n) is 3.48. The van der Waals surface area contributed by atoms with Gasteiger partial charge in [-0.25, -0.2) is 8.42 Å². The lowest BCUT2D eigenvalue weighted by atomic mass is 10.3. The zero-order valence-electron chi connectivity index (χ0n) is 11.4. The third kappa shape index (κ3) is 3.13. The number of nitrogens with zero attached hydrogens (tertiary/aromatic N) is 2. The third-order valence-corrected chi connectivity index (χ3v) is 6.81. The number of hydrogen-bond acceptors (Lipinski definition) is 6. The molecule has 2 aromatic heterocycles. The van der Waals surface area contributed by atoms with E-state index in [2.05, 4.69) is 4.90 Å². The standard InChI is InChI=1S/C13H17N3O3S2/c14-11-8-13(20-10-11)21(17,18)16-5-3-15(4-6-16)9-12-2-1-7-19-12/h1-2,7-8,10H,3-6,9,14H2. The summed E-state index contributed by atoms with van der Waals surface area (Å²) in [5.74, 6) is 0.900. The second kappa shape index (κ2) is 5.80. The molecule has 1 aliphatic rings. The first-order valence-electron chi connectivity index (χ1n) is 6.64. The van der Waals surface area contributed by atoms with Gasteiger partial charge >= 0.3 is 0 Å². The van der Waals surface area contributed by atoms with Gasteiger partial charge in [0.05, 0.1) is 12.8 Å². The van der Waals surface area contributed by atoms with E-state index in [0.29, 0.717) is 42.6 Å². The first kappa shape index (κ1) is 14.6. The van der Waals surface area contributed by atoms with E-state index in [1.807, 2.05) is 12.1 Å². The van der Waals surface area contributed by atoms with Crippen molar-refractivity contribution in [2.24, 2.45) is 0 Å². The molecule has 0 radical (unpaired) electrons. The fourth-order valence-electron chi connectivity index (χ4n) is 2.34. The van der Waals surface area contributed by atoms with Crippen LogP contribution in [0.4, 0.5) is 5.69 Å². The first-order chi connectivity index (χ1) is 10.1. The van der Waals surface area contributed by atoms with Crippen molar-refractivity contribution in [2.75, 3.05) is 31.9 Å². The predicted molar refractivity (Wildman–Crippen MR) is 81.5 cm³/mol.